The summed E-state index contributed by atoms with van der Waals surface area (Å²) in [5.41, 5.74) is 0. The van der Waals surface area contributed by atoms with E-state index in [0.717, 1.165) is 19.3 Å². The smallest absolute Gasteiger partial charge is 0.548 e. The Morgan fingerprint density at radius 3 is 2.54 bits per heavy atom. The average Bonchev–Trinajstić information content (AvgIpc) is 2.52. The van der Waals surface area contributed by atoms with Gasteiger partial charge in [-0.25, -0.2) is 0 Å². The minimum Gasteiger partial charge on any atom is -0.548 e. The quantitative estimate of drug-likeness (QED) is 0.167. The summed E-state index contributed by atoms with van der Waals surface area (Å²) in [5.74, 6) is -1.15. The third-order valence-corrected chi connectivity index (χ3v) is 3.88. The number of aliphatic hydroxyl groups is 2. The Morgan fingerprint density at radius 2 is 2.00 bits per heavy atom. The molecule has 0 aromatic heterocycles. The van der Waals surface area contributed by atoms with Gasteiger partial charge in [-0.3, -0.25) is 4.90 Å². The molecule has 0 heterocycles. The number of carbonyl (C=O) groups excluding carboxylic acids is 1. The molecule has 0 amide bonds. The molecule has 0 aromatic rings. The molecule has 7 heteroatoms. The van der Waals surface area contributed by atoms with Crippen LogP contribution in [0.5, 0.6) is 0 Å². The van der Waals surface area contributed by atoms with Crippen molar-refractivity contribution < 1.29 is 39.0 Å². The number of aliphatic hydroxyl groups excluding tert-OH is 2. The fourth-order valence-electron chi connectivity index (χ4n) is 2.30. The molecule has 0 radical (unpaired) electrons. The zero-order chi connectivity index (χ0) is 17.7. The van der Waals surface area contributed by atoms with Gasteiger partial charge < -0.3 is 25.4 Å². The maximum atomic E-state index is 11.1. The van der Waals surface area contributed by atoms with Gasteiger partial charge in [0.05, 0.1) is 18.2 Å². The van der Waals surface area contributed by atoms with Gasteiger partial charge in [-0.15, -0.1) is 6.58 Å². The summed E-state index contributed by atoms with van der Waals surface area (Å²) in [7, 11) is 0. The van der Waals surface area contributed by atoms with Gasteiger partial charge in [0.15, 0.2) is 0 Å². The minimum atomic E-state index is -1.15. The molecule has 0 fully saturated rings. The van der Waals surface area contributed by atoms with Gasteiger partial charge in [0.1, 0.15) is 0 Å². The molecule has 6 nitrogen and oxygen atoms in total. The molecule has 0 bridgehead atoms. The molecular formula is C17H33LiN2O4. The van der Waals surface area contributed by atoms with Crippen LogP contribution in [0.2, 0.25) is 0 Å². The zero-order valence-electron chi connectivity index (χ0n) is 15.5. The molecule has 0 aromatic carbocycles. The van der Waals surface area contributed by atoms with Gasteiger partial charge in [-0.2, -0.15) is 0 Å². The fourth-order valence-corrected chi connectivity index (χ4v) is 2.30. The van der Waals surface area contributed by atoms with E-state index in [4.69, 9.17) is 0 Å². The average molecular weight is 336 g/mol. The van der Waals surface area contributed by atoms with E-state index in [1.54, 1.807) is 17.9 Å². The monoisotopic (exact) mass is 336 g/mol. The van der Waals surface area contributed by atoms with Crippen LogP contribution < -0.4 is 29.3 Å². The first-order valence-electron chi connectivity index (χ1n) is 8.55. The maximum Gasteiger partial charge on any atom is 1.00 e. The van der Waals surface area contributed by atoms with Crippen molar-refractivity contribution in [1.82, 2.24) is 10.2 Å². The van der Waals surface area contributed by atoms with Crippen molar-refractivity contribution in [3.05, 3.63) is 12.7 Å². The van der Waals surface area contributed by atoms with Gasteiger partial charge >= 0.3 is 18.9 Å². The van der Waals surface area contributed by atoms with Crippen LogP contribution in [-0.2, 0) is 4.79 Å². The van der Waals surface area contributed by atoms with Crippen LogP contribution in [-0.4, -0.2) is 65.5 Å². The largest absolute Gasteiger partial charge is 1.00 e. The molecule has 3 N–H and O–H groups in total. The van der Waals surface area contributed by atoms with Crippen LogP contribution in [0, 0.1) is 0 Å². The molecule has 0 saturated carbocycles. The van der Waals surface area contributed by atoms with E-state index in [1.807, 2.05) is 0 Å². The first-order chi connectivity index (χ1) is 10.9. The predicted octanol–water partition coefficient (Wildman–Crippen LogP) is -3.10. The molecule has 24 heavy (non-hydrogen) atoms. The summed E-state index contributed by atoms with van der Waals surface area (Å²) in [6.07, 6.45) is 4.82. The van der Waals surface area contributed by atoms with Gasteiger partial charge in [0, 0.05) is 32.2 Å². The van der Waals surface area contributed by atoms with E-state index in [0.29, 0.717) is 32.5 Å². The number of unbranched alkanes of at least 4 members (excludes halogenated alkanes) is 1. The number of allylic oxidation sites excluding steroid dienone is 1. The van der Waals surface area contributed by atoms with Crippen LogP contribution in [0.25, 0.3) is 0 Å². The van der Waals surface area contributed by atoms with Crippen molar-refractivity contribution in [2.45, 2.75) is 64.2 Å². The van der Waals surface area contributed by atoms with Gasteiger partial charge in [0.2, 0.25) is 0 Å². The summed E-state index contributed by atoms with van der Waals surface area (Å²) >= 11 is 0. The molecule has 0 aliphatic rings. The van der Waals surface area contributed by atoms with E-state index in [1.165, 1.54) is 0 Å². The van der Waals surface area contributed by atoms with Crippen LogP contribution >= 0.6 is 0 Å². The summed E-state index contributed by atoms with van der Waals surface area (Å²) < 4.78 is 0. The standard InChI is InChI=1S/C17H34N2O4.Li/c1-4-6-8-15(20)12-18-10-11-19(14(3)17(22)23)13-16(21)9-7-5-2;/h5,14-16,18,20-21H,2,4,6-13H2,1,3H3,(H,22,23);/q;+1/p-1. The number of aliphatic carboxylic acids is 1. The van der Waals surface area contributed by atoms with Crippen LogP contribution in [0.3, 0.4) is 0 Å². The second kappa shape index (κ2) is 16.1. The van der Waals surface area contributed by atoms with Crippen molar-refractivity contribution in [3.63, 3.8) is 0 Å². The van der Waals surface area contributed by atoms with Crippen molar-refractivity contribution in [2.75, 3.05) is 26.2 Å². The van der Waals surface area contributed by atoms with E-state index < -0.39 is 18.1 Å². The molecule has 0 spiro atoms. The Hall–Kier alpha value is -0.353. The van der Waals surface area contributed by atoms with Gasteiger partial charge in [-0.1, -0.05) is 25.8 Å². The second-order valence-electron chi connectivity index (χ2n) is 6.01. The van der Waals surface area contributed by atoms with Gasteiger partial charge in [0.25, 0.3) is 0 Å². The number of carbonyl (C=O) groups is 1. The van der Waals surface area contributed by atoms with E-state index in [-0.39, 0.29) is 31.5 Å². The van der Waals surface area contributed by atoms with Crippen molar-refractivity contribution in [3.8, 4) is 0 Å². The number of nitrogens with one attached hydrogen (secondary N) is 1. The Labute approximate surface area is 158 Å². The normalized spacial score (nSPS) is 14.7. The molecule has 3 atom stereocenters. The SMILES string of the molecule is C=CCCC(O)CN(CCNCC(O)CCCC)C(C)C(=O)[O-].[Li+]. The summed E-state index contributed by atoms with van der Waals surface area (Å²) in [6, 6.07) is -0.764. The minimum absolute atomic E-state index is 0. The molecule has 0 rings (SSSR count). The number of hydrogen-bond donors (Lipinski definition) is 3. The van der Waals surface area contributed by atoms with Crippen molar-refractivity contribution in [1.29, 1.82) is 0 Å². The van der Waals surface area contributed by atoms with Crippen LogP contribution in [0.15, 0.2) is 12.7 Å². The first kappa shape index (κ1) is 25.9. The summed E-state index contributed by atoms with van der Waals surface area (Å²) in [6.45, 7) is 9.05. The topological polar surface area (TPSA) is 95.9 Å². The maximum absolute atomic E-state index is 11.1. The molecule has 0 saturated heterocycles. The molecule has 136 valence electrons. The van der Waals surface area contributed by atoms with Crippen LogP contribution in [0.4, 0.5) is 0 Å². The summed E-state index contributed by atoms with van der Waals surface area (Å²) in [5, 5.41) is 33.9. The Balaban J connectivity index is 0. The molecular weight excluding hydrogens is 303 g/mol. The number of rotatable bonds is 15. The second-order valence-corrected chi connectivity index (χ2v) is 6.01. The summed E-state index contributed by atoms with van der Waals surface area (Å²) in [4.78, 5) is 12.8. The Bertz CT molecular complexity index is 332. The van der Waals surface area contributed by atoms with Crippen LogP contribution in [0.1, 0.15) is 46.0 Å². The van der Waals surface area contributed by atoms with E-state index >= 15 is 0 Å². The van der Waals surface area contributed by atoms with Gasteiger partial charge in [-0.05, 0) is 26.2 Å². The van der Waals surface area contributed by atoms with Crippen molar-refractivity contribution in [2.24, 2.45) is 0 Å². The predicted molar refractivity (Wildman–Crippen MR) is 89.9 cm³/mol. The number of carboxylic acid groups (broad SMARTS) is 1. The van der Waals surface area contributed by atoms with E-state index in [9.17, 15) is 20.1 Å². The Morgan fingerprint density at radius 1 is 1.33 bits per heavy atom. The number of hydrogen-bond acceptors (Lipinski definition) is 6. The number of carboxylic acids is 1. The third kappa shape index (κ3) is 13.0. The molecule has 0 aliphatic heterocycles. The number of nitrogens with zero attached hydrogens (tertiary/aromatic N) is 1. The van der Waals surface area contributed by atoms with Crippen molar-refractivity contribution >= 4 is 5.97 Å². The Kier molecular flexibility index (Phi) is 17.4. The van der Waals surface area contributed by atoms with E-state index in [2.05, 4.69) is 18.8 Å². The third-order valence-electron chi connectivity index (χ3n) is 3.88. The zero-order valence-corrected chi connectivity index (χ0v) is 15.5. The molecule has 0 aliphatic carbocycles. The first-order valence-corrected chi connectivity index (χ1v) is 8.55. The fraction of sp³-hybridized carbons (Fsp3) is 0.824. The molecule has 3 unspecified atom stereocenters.